The van der Waals surface area contributed by atoms with Crippen molar-refractivity contribution in [2.45, 2.75) is 32.9 Å². The van der Waals surface area contributed by atoms with Crippen molar-refractivity contribution in [2.24, 2.45) is 5.92 Å². The highest BCUT2D eigenvalue weighted by molar-refractivity contribution is 5.97. The molecular weight excluding hydrogens is 322 g/mol. The zero-order valence-corrected chi connectivity index (χ0v) is 14.7. The summed E-state index contributed by atoms with van der Waals surface area (Å²) in [6.07, 6.45) is -0.505. The number of ether oxygens (including phenoxy) is 1. The Labute approximate surface area is 146 Å². The third kappa shape index (κ3) is 3.45. The van der Waals surface area contributed by atoms with Gasteiger partial charge < -0.3 is 19.9 Å². The van der Waals surface area contributed by atoms with Crippen LogP contribution in [0.15, 0.2) is 24.3 Å². The number of benzene rings is 1. The summed E-state index contributed by atoms with van der Waals surface area (Å²) in [5, 5.41) is 2.77. The Kier molecular flexibility index (Phi) is 4.65. The first kappa shape index (κ1) is 17.3. The van der Waals surface area contributed by atoms with Crippen molar-refractivity contribution in [1.82, 2.24) is 15.1 Å². The zero-order valence-electron chi connectivity index (χ0n) is 14.7. The van der Waals surface area contributed by atoms with Crippen molar-refractivity contribution in [3.8, 4) is 5.75 Å². The van der Waals surface area contributed by atoms with Crippen LogP contribution in [0, 0.1) is 12.8 Å². The number of hydrogen-bond acceptors (Lipinski definition) is 4. The normalized spacial score (nSPS) is 23.4. The minimum absolute atomic E-state index is 0.0296. The number of nitrogens with one attached hydrogen (secondary N) is 1. The van der Waals surface area contributed by atoms with Gasteiger partial charge in [0.1, 0.15) is 17.8 Å². The number of hydrogen-bond donors (Lipinski definition) is 1. The van der Waals surface area contributed by atoms with Gasteiger partial charge in [0, 0.05) is 13.1 Å². The molecule has 0 saturated carbocycles. The molecular formula is C18H23N3O4. The molecule has 7 nitrogen and oxygen atoms in total. The summed E-state index contributed by atoms with van der Waals surface area (Å²) in [5.41, 5.74) is 1.07. The summed E-state index contributed by atoms with van der Waals surface area (Å²) >= 11 is 0. The first-order chi connectivity index (χ1) is 11.9. The largest absolute Gasteiger partial charge is 0.415 e. The van der Waals surface area contributed by atoms with Crippen LogP contribution in [0.2, 0.25) is 0 Å². The number of carbonyl (C=O) groups excluding carboxylic acids is 3. The van der Waals surface area contributed by atoms with E-state index in [1.807, 2.05) is 32.9 Å². The summed E-state index contributed by atoms with van der Waals surface area (Å²) in [7, 11) is 0. The molecule has 0 aromatic heterocycles. The number of piperazine rings is 2. The third-order valence-corrected chi connectivity index (χ3v) is 4.68. The van der Waals surface area contributed by atoms with E-state index in [2.05, 4.69) is 5.32 Å². The fourth-order valence-electron chi connectivity index (χ4n) is 3.15. The first-order valence-electron chi connectivity index (χ1n) is 8.51. The summed E-state index contributed by atoms with van der Waals surface area (Å²) in [6, 6.07) is 6.04. The molecule has 2 heterocycles. The van der Waals surface area contributed by atoms with Gasteiger partial charge in [-0.1, -0.05) is 31.5 Å². The van der Waals surface area contributed by atoms with Gasteiger partial charge in [0.25, 0.3) is 0 Å². The Bertz CT molecular complexity index is 686. The standard InChI is InChI=1S/C18H23N3O4/c1-11(2)15-17(23)21-9-8-20(10-14(21)16(22)19-15)18(24)25-13-6-4-12(3)5-7-13/h4-7,11,14-15H,8-10H2,1-3H3,(H,19,22)/t14-,15-/m1/s1. The van der Waals surface area contributed by atoms with E-state index in [-0.39, 0.29) is 24.3 Å². The molecule has 1 aromatic rings. The average Bonchev–Trinajstić information content (AvgIpc) is 2.59. The molecule has 25 heavy (non-hydrogen) atoms. The smallest absolute Gasteiger partial charge is 0.410 e. The molecule has 0 aliphatic carbocycles. The van der Waals surface area contributed by atoms with E-state index < -0.39 is 18.2 Å². The van der Waals surface area contributed by atoms with Crippen LogP contribution in [0.3, 0.4) is 0 Å². The molecule has 1 N–H and O–H groups in total. The summed E-state index contributed by atoms with van der Waals surface area (Å²) in [4.78, 5) is 40.3. The Hall–Kier alpha value is -2.57. The third-order valence-electron chi connectivity index (χ3n) is 4.68. The molecule has 7 heteroatoms. The van der Waals surface area contributed by atoms with Crippen LogP contribution >= 0.6 is 0 Å². The van der Waals surface area contributed by atoms with E-state index in [0.717, 1.165) is 5.56 Å². The molecule has 1 aromatic carbocycles. The lowest BCUT2D eigenvalue weighted by atomic mass is 9.96. The van der Waals surface area contributed by atoms with Crippen molar-refractivity contribution in [3.63, 3.8) is 0 Å². The van der Waals surface area contributed by atoms with Gasteiger partial charge in [-0.15, -0.1) is 0 Å². The lowest BCUT2D eigenvalue weighted by molar-refractivity contribution is -0.153. The summed E-state index contributed by atoms with van der Waals surface area (Å²) in [5.74, 6) is 0.196. The maximum Gasteiger partial charge on any atom is 0.415 e. The number of amides is 3. The van der Waals surface area contributed by atoms with E-state index in [9.17, 15) is 14.4 Å². The molecule has 0 unspecified atom stereocenters. The Morgan fingerprint density at radius 2 is 1.88 bits per heavy atom. The fraction of sp³-hybridized carbons (Fsp3) is 0.500. The summed E-state index contributed by atoms with van der Waals surface area (Å²) in [6.45, 7) is 6.59. The molecule has 3 rings (SSSR count). The molecule has 0 bridgehead atoms. The number of aryl methyl sites for hydroxylation is 1. The van der Waals surface area contributed by atoms with Crippen molar-refractivity contribution in [1.29, 1.82) is 0 Å². The van der Waals surface area contributed by atoms with Gasteiger partial charge in [-0.2, -0.15) is 0 Å². The molecule has 2 atom stereocenters. The van der Waals surface area contributed by atoms with Gasteiger partial charge in [-0.05, 0) is 25.0 Å². The monoisotopic (exact) mass is 345 g/mol. The maximum atomic E-state index is 12.5. The van der Waals surface area contributed by atoms with Crippen LogP contribution < -0.4 is 10.1 Å². The van der Waals surface area contributed by atoms with E-state index in [1.165, 1.54) is 4.90 Å². The number of fused-ring (bicyclic) bond motifs is 1. The van der Waals surface area contributed by atoms with Gasteiger partial charge in [0.05, 0.1) is 6.54 Å². The maximum absolute atomic E-state index is 12.5. The van der Waals surface area contributed by atoms with E-state index >= 15 is 0 Å². The second kappa shape index (κ2) is 6.74. The second-order valence-electron chi connectivity index (χ2n) is 6.90. The number of carbonyl (C=O) groups is 3. The topological polar surface area (TPSA) is 79.0 Å². The highest BCUT2D eigenvalue weighted by Gasteiger charge is 2.45. The lowest BCUT2D eigenvalue weighted by Crippen LogP contribution is -2.70. The highest BCUT2D eigenvalue weighted by atomic mass is 16.6. The molecule has 3 amide bonds. The molecule has 0 spiro atoms. The van der Waals surface area contributed by atoms with Crippen LogP contribution in [0.4, 0.5) is 4.79 Å². The molecule has 2 fully saturated rings. The Balaban J connectivity index is 1.66. The Morgan fingerprint density at radius 1 is 1.20 bits per heavy atom. The Morgan fingerprint density at radius 3 is 2.52 bits per heavy atom. The SMILES string of the molecule is Cc1ccc(OC(=O)N2CCN3C(=O)[C@@H](C(C)C)NC(=O)[C@H]3C2)cc1. The van der Waals surface area contributed by atoms with Crippen molar-refractivity contribution in [2.75, 3.05) is 19.6 Å². The van der Waals surface area contributed by atoms with E-state index in [1.54, 1.807) is 17.0 Å². The fourth-order valence-corrected chi connectivity index (χ4v) is 3.15. The molecule has 2 aliphatic heterocycles. The highest BCUT2D eigenvalue weighted by Crippen LogP contribution is 2.21. The van der Waals surface area contributed by atoms with Gasteiger partial charge in [-0.3, -0.25) is 9.59 Å². The quantitative estimate of drug-likeness (QED) is 0.872. The molecule has 134 valence electrons. The molecule has 2 saturated heterocycles. The minimum atomic E-state index is -0.651. The van der Waals surface area contributed by atoms with Gasteiger partial charge >= 0.3 is 6.09 Å². The van der Waals surface area contributed by atoms with Gasteiger partial charge in [-0.25, -0.2) is 4.79 Å². The van der Waals surface area contributed by atoms with Crippen LogP contribution in [0.25, 0.3) is 0 Å². The van der Waals surface area contributed by atoms with Crippen LogP contribution in [0.5, 0.6) is 5.75 Å². The van der Waals surface area contributed by atoms with Gasteiger partial charge in [0.2, 0.25) is 11.8 Å². The number of nitrogens with zero attached hydrogens (tertiary/aromatic N) is 2. The molecule has 0 radical (unpaired) electrons. The average molecular weight is 345 g/mol. The summed E-state index contributed by atoms with van der Waals surface area (Å²) < 4.78 is 5.36. The zero-order chi connectivity index (χ0) is 18.1. The molecule has 2 aliphatic rings. The second-order valence-corrected chi connectivity index (χ2v) is 6.90. The van der Waals surface area contributed by atoms with Crippen molar-refractivity contribution in [3.05, 3.63) is 29.8 Å². The number of rotatable bonds is 2. The lowest BCUT2D eigenvalue weighted by Gasteiger charge is -2.45. The predicted octanol–water partition coefficient (Wildman–Crippen LogP) is 1.16. The van der Waals surface area contributed by atoms with E-state index in [4.69, 9.17) is 4.74 Å². The van der Waals surface area contributed by atoms with Crippen LogP contribution in [-0.4, -0.2) is 59.4 Å². The van der Waals surface area contributed by atoms with Crippen molar-refractivity contribution >= 4 is 17.9 Å². The van der Waals surface area contributed by atoms with Crippen LogP contribution in [-0.2, 0) is 9.59 Å². The van der Waals surface area contributed by atoms with Crippen molar-refractivity contribution < 1.29 is 19.1 Å². The van der Waals surface area contributed by atoms with Gasteiger partial charge in [0.15, 0.2) is 0 Å². The van der Waals surface area contributed by atoms with Crippen LogP contribution in [0.1, 0.15) is 19.4 Å². The first-order valence-corrected chi connectivity index (χ1v) is 8.51. The van der Waals surface area contributed by atoms with E-state index in [0.29, 0.717) is 18.8 Å². The minimum Gasteiger partial charge on any atom is -0.410 e. The predicted molar refractivity (Wildman–Crippen MR) is 91.0 cm³/mol.